The molecule has 0 radical (unpaired) electrons. The van der Waals surface area contributed by atoms with E-state index >= 15 is 0 Å². The highest BCUT2D eigenvalue weighted by Gasteiger charge is 2.27. The SMILES string of the molecule is COc1ccc(C(=O)Nc2cccc(CNC3CCS(=O)(=O)C3)c2)cc1. The van der Waals surface area contributed by atoms with Crippen molar-refractivity contribution in [3.63, 3.8) is 0 Å². The molecule has 1 heterocycles. The van der Waals surface area contributed by atoms with Gasteiger partial charge in [0, 0.05) is 23.8 Å². The van der Waals surface area contributed by atoms with Crippen molar-refractivity contribution in [2.24, 2.45) is 0 Å². The fourth-order valence-corrected chi connectivity index (χ4v) is 4.63. The second-order valence-corrected chi connectivity index (χ2v) is 8.59. The zero-order valence-corrected chi connectivity index (χ0v) is 15.4. The van der Waals surface area contributed by atoms with Crippen molar-refractivity contribution >= 4 is 21.4 Å². The lowest BCUT2D eigenvalue weighted by Gasteiger charge is -2.12. The number of carbonyl (C=O) groups is 1. The third kappa shape index (κ3) is 4.83. The summed E-state index contributed by atoms with van der Waals surface area (Å²) in [5, 5.41) is 6.15. The third-order valence-electron chi connectivity index (χ3n) is 4.36. The smallest absolute Gasteiger partial charge is 0.255 e. The Morgan fingerprint density at radius 3 is 2.62 bits per heavy atom. The van der Waals surface area contributed by atoms with Crippen LogP contribution < -0.4 is 15.4 Å². The van der Waals surface area contributed by atoms with E-state index in [0.29, 0.717) is 30.0 Å². The van der Waals surface area contributed by atoms with Crippen molar-refractivity contribution in [3.05, 3.63) is 59.7 Å². The molecule has 1 aliphatic heterocycles. The van der Waals surface area contributed by atoms with E-state index in [1.807, 2.05) is 24.3 Å². The number of methoxy groups -OCH3 is 1. The number of benzene rings is 2. The summed E-state index contributed by atoms with van der Waals surface area (Å²) in [5.41, 5.74) is 2.23. The third-order valence-corrected chi connectivity index (χ3v) is 6.13. The molecule has 1 atom stereocenters. The lowest BCUT2D eigenvalue weighted by atomic mass is 10.1. The van der Waals surface area contributed by atoms with Crippen LogP contribution in [0.15, 0.2) is 48.5 Å². The number of rotatable bonds is 6. The highest BCUT2D eigenvalue weighted by Crippen LogP contribution is 2.16. The van der Waals surface area contributed by atoms with E-state index in [0.717, 1.165) is 5.56 Å². The predicted octanol–water partition coefficient (Wildman–Crippen LogP) is 2.22. The van der Waals surface area contributed by atoms with Crippen molar-refractivity contribution in [1.82, 2.24) is 5.32 Å². The number of nitrogens with one attached hydrogen (secondary N) is 2. The monoisotopic (exact) mass is 374 g/mol. The Balaban J connectivity index is 1.59. The number of carbonyl (C=O) groups excluding carboxylic acids is 1. The molecule has 2 aromatic carbocycles. The number of amides is 1. The van der Waals surface area contributed by atoms with Crippen LogP contribution in [-0.4, -0.2) is 39.0 Å². The number of anilines is 1. The van der Waals surface area contributed by atoms with Crippen LogP contribution in [0.1, 0.15) is 22.3 Å². The second-order valence-electron chi connectivity index (χ2n) is 6.36. The number of hydrogen-bond acceptors (Lipinski definition) is 5. The molecule has 1 saturated heterocycles. The maximum absolute atomic E-state index is 12.3. The van der Waals surface area contributed by atoms with E-state index in [2.05, 4.69) is 10.6 Å². The molecule has 0 bridgehead atoms. The van der Waals surface area contributed by atoms with Gasteiger partial charge in [-0.3, -0.25) is 4.79 Å². The van der Waals surface area contributed by atoms with Crippen LogP contribution in [0, 0.1) is 0 Å². The van der Waals surface area contributed by atoms with Gasteiger partial charge in [-0.05, 0) is 48.4 Å². The maximum Gasteiger partial charge on any atom is 0.255 e. The summed E-state index contributed by atoms with van der Waals surface area (Å²) in [5.74, 6) is 0.951. The van der Waals surface area contributed by atoms with Crippen molar-refractivity contribution in [2.45, 2.75) is 19.0 Å². The number of sulfone groups is 1. The molecule has 1 aliphatic rings. The molecule has 1 unspecified atom stereocenters. The summed E-state index contributed by atoms with van der Waals surface area (Å²) in [6.07, 6.45) is 0.649. The first-order valence-corrected chi connectivity index (χ1v) is 10.3. The zero-order chi connectivity index (χ0) is 18.6. The summed E-state index contributed by atoms with van der Waals surface area (Å²) in [7, 11) is -1.31. The van der Waals surface area contributed by atoms with Crippen molar-refractivity contribution in [2.75, 3.05) is 23.9 Å². The maximum atomic E-state index is 12.3. The fourth-order valence-electron chi connectivity index (χ4n) is 2.92. The summed E-state index contributed by atoms with van der Waals surface area (Å²) in [6.45, 7) is 0.562. The number of ether oxygens (including phenoxy) is 1. The Morgan fingerprint density at radius 1 is 1.19 bits per heavy atom. The van der Waals surface area contributed by atoms with Crippen LogP contribution in [0.5, 0.6) is 5.75 Å². The topological polar surface area (TPSA) is 84.5 Å². The lowest BCUT2D eigenvalue weighted by Crippen LogP contribution is -2.29. The summed E-state index contributed by atoms with van der Waals surface area (Å²) >= 11 is 0. The Labute approximate surface area is 153 Å². The molecule has 3 rings (SSSR count). The molecule has 0 spiro atoms. The van der Waals surface area contributed by atoms with Gasteiger partial charge in [0.05, 0.1) is 18.6 Å². The van der Waals surface area contributed by atoms with Crippen LogP contribution in [0.25, 0.3) is 0 Å². The largest absolute Gasteiger partial charge is 0.497 e. The highest BCUT2D eigenvalue weighted by atomic mass is 32.2. The predicted molar refractivity (Wildman–Crippen MR) is 101 cm³/mol. The van der Waals surface area contributed by atoms with E-state index in [-0.39, 0.29) is 23.5 Å². The van der Waals surface area contributed by atoms with E-state index in [4.69, 9.17) is 4.74 Å². The molecule has 0 aromatic heterocycles. The van der Waals surface area contributed by atoms with Crippen LogP contribution in [0.4, 0.5) is 5.69 Å². The van der Waals surface area contributed by atoms with Crippen molar-refractivity contribution in [1.29, 1.82) is 0 Å². The summed E-state index contributed by atoms with van der Waals surface area (Å²) < 4.78 is 28.1. The first-order valence-electron chi connectivity index (χ1n) is 8.43. The summed E-state index contributed by atoms with van der Waals surface area (Å²) in [6, 6.07) is 14.4. The van der Waals surface area contributed by atoms with Crippen molar-refractivity contribution in [3.8, 4) is 5.75 Å². The average Bonchev–Trinajstić information content (AvgIpc) is 2.99. The van der Waals surface area contributed by atoms with Crippen LogP contribution in [-0.2, 0) is 16.4 Å². The quantitative estimate of drug-likeness (QED) is 0.810. The Hall–Kier alpha value is -2.38. The molecule has 1 fully saturated rings. The van der Waals surface area contributed by atoms with E-state index in [1.54, 1.807) is 31.4 Å². The minimum absolute atomic E-state index is 0.00227. The van der Waals surface area contributed by atoms with Gasteiger partial charge in [-0.15, -0.1) is 0 Å². The van der Waals surface area contributed by atoms with Crippen LogP contribution >= 0.6 is 0 Å². The fraction of sp³-hybridized carbons (Fsp3) is 0.316. The Bertz CT molecular complexity index is 879. The van der Waals surface area contributed by atoms with Crippen LogP contribution in [0.2, 0.25) is 0 Å². The summed E-state index contributed by atoms with van der Waals surface area (Å²) in [4.78, 5) is 12.3. The second kappa shape index (κ2) is 7.88. The highest BCUT2D eigenvalue weighted by molar-refractivity contribution is 7.91. The van der Waals surface area contributed by atoms with Crippen molar-refractivity contribution < 1.29 is 17.9 Å². The zero-order valence-electron chi connectivity index (χ0n) is 14.6. The molecular weight excluding hydrogens is 352 g/mol. The average molecular weight is 374 g/mol. The molecule has 26 heavy (non-hydrogen) atoms. The van der Waals surface area contributed by atoms with E-state index < -0.39 is 9.84 Å². The molecule has 7 heteroatoms. The Morgan fingerprint density at radius 2 is 1.96 bits per heavy atom. The van der Waals surface area contributed by atoms with Gasteiger partial charge >= 0.3 is 0 Å². The first-order chi connectivity index (χ1) is 12.4. The lowest BCUT2D eigenvalue weighted by molar-refractivity contribution is 0.102. The molecule has 6 nitrogen and oxygen atoms in total. The Kier molecular flexibility index (Phi) is 5.58. The molecule has 0 saturated carbocycles. The minimum atomic E-state index is -2.89. The van der Waals surface area contributed by atoms with E-state index in [1.165, 1.54) is 0 Å². The molecule has 0 aliphatic carbocycles. The number of hydrogen-bond donors (Lipinski definition) is 2. The molecule has 2 N–H and O–H groups in total. The van der Waals surface area contributed by atoms with Gasteiger partial charge in [0.2, 0.25) is 0 Å². The van der Waals surface area contributed by atoms with Gasteiger partial charge in [-0.25, -0.2) is 8.42 Å². The first kappa shape index (κ1) is 18.4. The van der Waals surface area contributed by atoms with Gasteiger partial charge in [0.1, 0.15) is 5.75 Å². The normalized spacial score (nSPS) is 18.4. The molecule has 138 valence electrons. The van der Waals surface area contributed by atoms with E-state index in [9.17, 15) is 13.2 Å². The van der Waals surface area contributed by atoms with Gasteiger partial charge in [0.25, 0.3) is 5.91 Å². The molecule has 2 aromatic rings. The molecular formula is C19H22N2O4S. The van der Waals surface area contributed by atoms with Gasteiger partial charge in [0.15, 0.2) is 9.84 Å². The molecule has 1 amide bonds. The van der Waals surface area contributed by atoms with Gasteiger partial charge in [-0.1, -0.05) is 12.1 Å². The van der Waals surface area contributed by atoms with Crippen LogP contribution in [0.3, 0.4) is 0 Å². The van der Waals surface area contributed by atoms with Gasteiger partial charge < -0.3 is 15.4 Å². The van der Waals surface area contributed by atoms with Gasteiger partial charge in [-0.2, -0.15) is 0 Å². The minimum Gasteiger partial charge on any atom is -0.497 e. The standard InChI is InChI=1S/C19H22N2O4S/c1-25-18-7-5-15(6-8-18)19(22)21-16-4-2-3-14(11-16)12-20-17-9-10-26(23,24)13-17/h2-8,11,17,20H,9-10,12-13H2,1H3,(H,21,22).